The molecule has 0 amide bonds. The van der Waals surface area contributed by atoms with Gasteiger partial charge in [0.2, 0.25) is 11.9 Å². The summed E-state index contributed by atoms with van der Waals surface area (Å²) in [7, 11) is 0. The highest BCUT2D eigenvalue weighted by Gasteiger charge is 2.27. The second-order valence-corrected chi connectivity index (χ2v) is 7.54. The van der Waals surface area contributed by atoms with Crippen molar-refractivity contribution in [3.63, 3.8) is 0 Å². The van der Waals surface area contributed by atoms with E-state index in [0.29, 0.717) is 42.4 Å². The molecule has 2 atom stereocenters. The Labute approximate surface area is 190 Å². The van der Waals surface area contributed by atoms with Gasteiger partial charge in [0.1, 0.15) is 17.0 Å². The van der Waals surface area contributed by atoms with E-state index in [2.05, 4.69) is 25.6 Å². The molecule has 1 aromatic carbocycles. The van der Waals surface area contributed by atoms with E-state index in [1.54, 1.807) is 0 Å². The maximum Gasteiger partial charge on any atom is 0.224 e. The number of imidazole rings is 1. The number of rotatable bonds is 5. The molecular formula is C21H23F3N6O2. The van der Waals surface area contributed by atoms with Crippen LogP contribution in [0, 0.1) is 17.5 Å². The minimum atomic E-state index is -3.13. The molecule has 5 rings (SSSR count). The monoisotopic (exact) mass is 454 g/mol. The van der Waals surface area contributed by atoms with Crippen LogP contribution in [0.5, 0.6) is 0 Å². The summed E-state index contributed by atoms with van der Waals surface area (Å²) >= 11 is 0. The highest BCUT2D eigenvalue weighted by atomic mass is 19.1. The van der Waals surface area contributed by atoms with E-state index in [9.17, 15) is 18.3 Å². The Morgan fingerprint density at radius 1 is 1.16 bits per heavy atom. The first-order valence-corrected chi connectivity index (χ1v) is 9.97. The van der Waals surface area contributed by atoms with Gasteiger partial charge in [-0.05, 0) is 32.1 Å². The lowest BCUT2D eigenvalue weighted by molar-refractivity contribution is 0.126. The van der Waals surface area contributed by atoms with Crippen LogP contribution < -0.4 is 10.6 Å². The average Bonchev–Trinajstić information content (AvgIpc) is 3.23. The third-order valence-electron chi connectivity index (χ3n) is 5.32. The first-order valence-electron chi connectivity index (χ1n) is 13.1. The molecule has 2 aromatic heterocycles. The molecule has 3 aromatic rings. The highest BCUT2D eigenvalue weighted by molar-refractivity contribution is 5.76. The van der Waals surface area contributed by atoms with Crippen molar-refractivity contribution in [1.29, 1.82) is 0 Å². The van der Waals surface area contributed by atoms with Crippen molar-refractivity contribution < 1.29 is 31.2 Å². The number of benzene rings is 1. The predicted molar refractivity (Wildman–Crippen MR) is 111 cm³/mol. The number of aromatic nitrogens is 4. The lowest BCUT2D eigenvalue weighted by Gasteiger charge is -2.26. The Bertz CT molecular complexity index is 1370. The van der Waals surface area contributed by atoms with Gasteiger partial charge in [-0.2, -0.15) is 4.98 Å². The number of hydrogen-bond donors (Lipinski definition) is 3. The van der Waals surface area contributed by atoms with Crippen molar-refractivity contribution in [2.45, 2.75) is 50.2 Å². The van der Waals surface area contributed by atoms with Crippen LogP contribution >= 0.6 is 0 Å². The summed E-state index contributed by atoms with van der Waals surface area (Å²) in [6, 6.07) is -2.19. The molecule has 3 heterocycles. The quantitative estimate of drug-likeness (QED) is 0.541. The van der Waals surface area contributed by atoms with E-state index < -0.39 is 60.7 Å². The molecule has 170 valence electrons. The Balaban J connectivity index is 1.66. The zero-order valence-corrected chi connectivity index (χ0v) is 16.6. The molecule has 11 heteroatoms. The molecule has 2 fully saturated rings. The lowest BCUT2D eigenvalue weighted by Crippen LogP contribution is -2.29. The molecule has 8 nitrogen and oxygen atoms in total. The van der Waals surface area contributed by atoms with Crippen LogP contribution in [0.3, 0.4) is 0 Å². The first-order chi connectivity index (χ1) is 17.7. The first kappa shape index (κ1) is 15.0. The number of aliphatic hydroxyl groups excluding tert-OH is 1. The minimum Gasteiger partial charge on any atom is -0.393 e. The Morgan fingerprint density at radius 2 is 1.91 bits per heavy atom. The van der Waals surface area contributed by atoms with Crippen molar-refractivity contribution in [3.05, 3.63) is 35.8 Å². The number of anilines is 3. The van der Waals surface area contributed by atoms with Crippen LogP contribution in [0.2, 0.25) is 0 Å². The Morgan fingerprint density at radius 3 is 2.59 bits per heavy atom. The fourth-order valence-electron chi connectivity index (χ4n) is 3.74. The molecule has 2 unspecified atom stereocenters. The standard InChI is InChI=1S/C21H23F3N6O2/c22-11-7-15(23)18(16(24)8-11)28-21-27-17-9-25-20(26-12-1-3-14(31)4-2-12)29-19(17)30(21)13-5-6-32-10-13/h7-9,12-14,31H,1-6,10H2,(H,27,28)(H,25,26,29)/i5D,6D2,10D2,13D. The van der Waals surface area contributed by atoms with E-state index in [1.165, 1.54) is 6.20 Å². The number of hydrogen-bond acceptors (Lipinski definition) is 7. The second kappa shape index (κ2) is 8.55. The van der Waals surface area contributed by atoms with Crippen LogP contribution in [-0.2, 0) is 4.74 Å². The summed E-state index contributed by atoms with van der Waals surface area (Å²) in [6.07, 6.45) is 0.946. The van der Waals surface area contributed by atoms with Crippen LogP contribution in [0.4, 0.5) is 30.8 Å². The lowest BCUT2D eigenvalue weighted by atomic mass is 9.93. The molecule has 0 radical (unpaired) electrons. The van der Waals surface area contributed by atoms with Gasteiger partial charge in [0.15, 0.2) is 17.3 Å². The maximum atomic E-state index is 14.5. The molecule has 2 aliphatic rings. The Kier molecular flexibility index (Phi) is 4.01. The number of aliphatic hydroxyl groups is 1. The van der Waals surface area contributed by atoms with Gasteiger partial charge >= 0.3 is 0 Å². The van der Waals surface area contributed by atoms with Gasteiger partial charge in [-0.3, -0.25) is 4.57 Å². The maximum absolute atomic E-state index is 14.5. The third kappa shape index (κ3) is 4.09. The summed E-state index contributed by atoms with van der Waals surface area (Å²) in [5, 5.41) is 15.1. The van der Waals surface area contributed by atoms with Crippen molar-refractivity contribution >= 4 is 28.7 Å². The van der Waals surface area contributed by atoms with Gasteiger partial charge in [-0.15, -0.1) is 0 Å². The predicted octanol–water partition coefficient (Wildman–Crippen LogP) is 3.66. The molecule has 32 heavy (non-hydrogen) atoms. The van der Waals surface area contributed by atoms with Crippen LogP contribution in [0.25, 0.3) is 11.2 Å². The van der Waals surface area contributed by atoms with Crippen molar-refractivity contribution in [2.75, 3.05) is 23.8 Å². The largest absolute Gasteiger partial charge is 0.393 e. The van der Waals surface area contributed by atoms with E-state index in [0.717, 1.165) is 0 Å². The number of fused-ring (bicyclic) bond motifs is 1. The second-order valence-electron chi connectivity index (χ2n) is 7.54. The van der Waals surface area contributed by atoms with Gasteiger partial charge in [0.25, 0.3) is 0 Å². The van der Waals surface area contributed by atoms with E-state index >= 15 is 0 Å². The Hall–Kier alpha value is -2.92. The molecule has 1 saturated carbocycles. The van der Waals surface area contributed by atoms with Crippen molar-refractivity contribution in [1.82, 2.24) is 19.5 Å². The fourth-order valence-corrected chi connectivity index (χ4v) is 3.74. The third-order valence-corrected chi connectivity index (χ3v) is 5.32. The summed E-state index contributed by atoms with van der Waals surface area (Å²) in [5.74, 6) is -4.42. The summed E-state index contributed by atoms with van der Waals surface area (Å²) in [6.45, 7) is -6.06. The van der Waals surface area contributed by atoms with Gasteiger partial charge < -0.3 is 20.5 Å². The van der Waals surface area contributed by atoms with Gasteiger partial charge in [0.05, 0.1) is 31.7 Å². The molecule has 1 saturated heterocycles. The molecular weight excluding hydrogens is 425 g/mol. The molecule has 3 N–H and O–H groups in total. The van der Waals surface area contributed by atoms with E-state index in [-0.39, 0.29) is 23.2 Å². The number of halogens is 3. The number of nitrogens with one attached hydrogen (secondary N) is 2. The fraction of sp³-hybridized carbons (Fsp3) is 0.476. The van der Waals surface area contributed by atoms with Crippen LogP contribution in [0.15, 0.2) is 18.3 Å². The molecule has 0 bridgehead atoms. The van der Waals surface area contributed by atoms with Crippen LogP contribution in [-0.4, -0.2) is 49.9 Å². The smallest absolute Gasteiger partial charge is 0.224 e. The normalized spacial score (nSPS) is 34.1. The van der Waals surface area contributed by atoms with Crippen molar-refractivity contribution in [2.24, 2.45) is 0 Å². The van der Waals surface area contributed by atoms with E-state index in [1.807, 2.05) is 0 Å². The zero-order chi connectivity index (χ0) is 27.6. The molecule has 1 aliphatic carbocycles. The zero-order valence-electron chi connectivity index (χ0n) is 22.6. The minimum absolute atomic E-state index is 0.0401. The van der Waals surface area contributed by atoms with Gasteiger partial charge in [-0.25, -0.2) is 23.1 Å². The highest BCUT2D eigenvalue weighted by Crippen LogP contribution is 2.32. The molecule has 1 aliphatic heterocycles. The van der Waals surface area contributed by atoms with E-state index in [4.69, 9.17) is 13.0 Å². The summed E-state index contributed by atoms with van der Waals surface area (Å²) in [5.41, 5.74) is -1.19. The number of nitrogens with zero attached hydrogens (tertiary/aromatic N) is 4. The van der Waals surface area contributed by atoms with Gasteiger partial charge in [0, 0.05) is 26.1 Å². The summed E-state index contributed by atoms with van der Waals surface area (Å²) < 4.78 is 97.7. The SMILES string of the molecule is [2H]C1C([2H])([2H])OC([2H])([2H])C1([2H])n1c(Nc2c(F)cc(F)cc2F)nc2cnc(NC3CCC(O)CC3)nc21. The average molecular weight is 454 g/mol. The van der Waals surface area contributed by atoms with Gasteiger partial charge in [-0.1, -0.05) is 0 Å². The topological polar surface area (TPSA) is 97.1 Å². The van der Waals surface area contributed by atoms with Crippen LogP contribution in [0.1, 0.15) is 46.3 Å². The number of ether oxygens (including phenoxy) is 1. The molecule has 0 spiro atoms. The summed E-state index contributed by atoms with van der Waals surface area (Å²) in [4.78, 5) is 12.6. The van der Waals surface area contributed by atoms with Crippen molar-refractivity contribution in [3.8, 4) is 0 Å².